The van der Waals surface area contributed by atoms with Gasteiger partial charge in [-0.3, -0.25) is 0 Å². The summed E-state index contributed by atoms with van der Waals surface area (Å²) in [5.41, 5.74) is 6.40. The molecule has 0 bridgehead atoms. The molecule has 0 spiro atoms. The number of hydrogen-bond donors (Lipinski definition) is 1. The van der Waals surface area contributed by atoms with Crippen LogP contribution in [0.4, 0.5) is 4.39 Å². The van der Waals surface area contributed by atoms with Crippen molar-refractivity contribution >= 4 is 15.9 Å². The Morgan fingerprint density at radius 1 is 1.35 bits per heavy atom. The molecular weight excluding hydrogens is 289 g/mol. The van der Waals surface area contributed by atoms with E-state index >= 15 is 0 Å². The Hall–Kier alpha value is -1.33. The Kier molecular flexibility index (Phi) is 3.81. The summed E-state index contributed by atoms with van der Waals surface area (Å²) >= 11 is 3.10. The third-order valence-corrected chi connectivity index (χ3v) is 2.92. The lowest BCUT2D eigenvalue weighted by atomic mass is 10.2. The molecule has 0 saturated heterocycles. The summed E-state index contributed by atoms with van der Waals surface area (Å²) in [6, 6.07) is 6.30. The third kappa shape index (κ3) is 2.87. The van der Waals surface area contributed by atoms with Crippen LogP contribution in [0.15, 0.2) is 39.4 Å². The van der Waals surface area contributed by atoms with Gasteiger partial charge in [0.25, 0.3) is 0 Å². The largest absolute Gasteiger partial charge is 0.489 e. The predicted octanol–water partition coefficient (Wildman–Crippen LogP) is 3.22. The van der Waals surface area contributed by atoms with E-state index in [0.29, 0.717) is 29.1 Å². The Bertz CT molecular complexity index is 513. The molecule has 0 aliphatic rings. The molecule has 5 heteroatoms. The molecule has 2 N–H and O–H groups in total. The topological polar surface area (TPSA) is 48.4 Å². The smallest absolute Gasteiger partial charge is 0.137 e. The summed E-state index contributed by atoms with van der Waals surface area (Å²) in [7, 11) is 0. The van der Waals surface area contributed by atoms with E-state index < -0.39 is 0 Å². The first kappa shape index (κ1) is 12.1. The molecule has 1 aromatic heterocycles. The van der Waals surface area contributed by atoms with Crippen LogP contribution in [0.2, 0.25) is 0 Å². The van der Waals surface area contributed by atoms with Gasteiger partial charge in [-0.2, -0.15) is 0 Å². The number of halogens is 2. The maximum Gasteiger partial charge on any atom is 0.137 e. The van der Waals surface area contributed by atoms with Crippen molar-refractivity contribution in [1.29, 1.82) is 0 Å². The third-order valence-electron chi connectivity index (χ3n) is 2.31. The fourth-order valence-electron chi connectivity index (χ4n) is 1.40. The summed E-state index contributed by atoms with van der Waals surface area (Å²) in [5.74, 6) is 0.969. The molecule has 0 radical (unpaired) electrons. The maximum atomic E-state index is 13.0. The SMILES string of the molecule is NCc1occc1COc1ccc(F)c(Br)c1. The number of benzene rings is 1. The minimum atomic E-state index is -0.316. The van der Waals surface area contributed by atoms with Crippen molar-refractivity contribution in [3.63, 3.8) is 0 Å². The average Bonchev–Trinajstić information content (AvgIpc) is 2.78. The lowest BCUT2D eigenvalue weighted by molar-refractivity contribution is 0.301. The Balaban J connectivity index is 2.05. The van der Waals surface area contributed by atoms with Crippen molar-refractivity contribution in [3.8, 4) is 5.75 Å². The molecule has 3 nitrogen and oxygen atoms in total. The van der Waals surface area contributed by atoms with Gasteiger partial charge in [0.2, 0.25) is 0 Å². The van der Waals surface area contributed by atoms with Crippen LogP contribution in [0, 0.1) is 5.82 Å². The van der Waals surface area contributed by atoms with Gasteiger partial charge in [0.15, 0.2) is 0 Å². The summed E-state index contributed by atoms with van der Waals surface area (Å²) in [4.78, 5) is 0. The zero-order valence-corrected chi connectivity index (χ0v) is 10.5. The summed E-state index contributed by atoms with van der Waals surface area (Å²) < 4.78 is 24.1. The first-order valence-electron chi connectivity index (χ1n) is 5.04. The minimum Gasteiger partial charge on any atom is -0.489 e. The highest BCUT2D eigenvalue weighted by Crippen LogP contribution is 2.23. The van der Waals surface area contributed by atoms with E-state index in [-0.39, 0.29) is 5.82 Å². The zero-order chi connectivity index (χ0) is 12.3. The minimum absolute atomic E-state index is 0.316. The Morgan fingerprint density at radius 2 is 2.18 bits per heavy atom. The van der Waals surface area contributed by atoms with Gasteiger partial charge < -0.3 is 14.9 Å². The van der Waals surface area contributed by atoms with Gasteiger partial charge in [-0.1, -0.05) is 0 Å². The van der Waals surface area contributed by atoms with E-state index in [1.54, 1.807) is 24.5 Å². The summed E-state index contributed by atoms with van der Waals surface area (Å²) in [6.07, 6.45) is 1.57. The van der Waals surface area contributed by atoms with E-state index in [0.717, 1.165) is 5.56 Å². The van der Waals surface area contributed by atoms with E-state index in [2.05, 4.69) is 15.9 Å². The van der Waals surface area contributed by atoms with E-state index in [1.165, 1.54) is 6.07 Å². The monoisotopic (exact) mass is 299 g/mol. The fraction of sp³-hybridized carbons (Fsp3) is 0.167. The predicted molar refractivity (Wildman–Crippen MR) is 65.0 cm³/mol. The molecule has 90 valence electrons. The van der Waals surface area contributed by atoms with Gasteiger partial charge in [-0.15, -0.1) is 0 Å². The molecule has 0 aliphatic heterocycles. The molecule has 0 amide bonds. The van der Waals surface area contributed by atoms with Crippen molar-refractivity contribution in [2.24, 2.45) is 5.73 Å². The average molecular weight is 300 g/mol. The van der Waals surface area contributed by atoms with E-state index in [4.69, 9.17) is 14.9 Å². The van der Waals surface area contributed by atoms with Crippen LogP contribution in [0.25, 0.3) is 0 Å². The molecule has 2 aromatic rings. The number of rotatable bonds is 4. The highest BCUT2D eigenvalue weighted by molar-refractivity contribution is 9.10. The van der Waals surface area contributed by atoms with Gasteiger partial charge in [0.1, 0.15) is 23.9 Å². The van der Waals surface area contributed by atoms with E-state index in [9.17, 15) is 4.39 Å². The summed E-state index contributed by atoms with van der Waals surface area (Å²) in [6.45, 7) is 0.680. The number of ether oxygens (including phenoxy) is 1. The van der Waals surface area contributed by atoms with Crippen LogP contribution in [-0.2, 0) is 13.2 Å². The van der Waals surface area contributed by atoms with Gasteiger partial charge in [0.05, 0.1) is 17.3 Å². The molecule has 2 rings (SSSR count). The van der Waals surface area contributed by atoms with Gasteiger partial charge in [0, 0.05) is 5.56 Å². The zero-order valence-electron chi connectivity index (χ0n) is 8.95. The van der Waals surface area contributed by atoms with E-state index in [1.807, 2.05) is 0 Å². The second-order valence-electron chi connectivity index (χ2n) is 3.44. The molecule has 1 heterocycles. The number of nitrogens with two attached hydrogens (primary N) is 1. The maximum absolute atomic E-state index is 13.0. The van der Waals surface area contributed by atoms with Crippen molar-refractivity contribution in [1.82, 2.24) is 0 Å². The van der Waals surface area contributed by atoms with Crippen LogP contribution in [0.3, 0.4) is 0 Å². The van der Waals surface area contributed by atoms with Crippen LogP contribution in [0.5, 0.6) is 5.75 Å². The fourth-order valence-corrected chi connectivity index (χ4v) is 1.76. The van der Waals surface area contributed by atoms with Crippen molar-refractivity contribution in [2.45, 2.75) is 13.2 Å². The molecule has 17 heavy (non-hydrogen) atoms. The normalized spacial score (nSPS) is 10.5. The number of furan rings is 1. The molecule has 1 aromatic carbocycles. The molecule has 0 aliphatic carbocycles. The second kappa shape index (κ2) is 5.33. The molecular formula is C12H11BrFNO2. The van der Waals surface area contributed by atoms with Crippen LogP contribution in [0.1, 0.15) is 11.3 Å². The quantitative estimate of drug-likeness (QED) is 0.943. The lowest BCUT2D eigenvalue weighted by Crippen LogP contribution is -2.02. The van der Waals surface area contributed by atoms with Crippen LogP contribution in [-0.4, -0.2) is 0 Å². The lowest BCUT2D eigenvalue weighted by Gasteiger charge is -2.06. The summed E-state index contributed by atoms with van der Waals surface area (Å²) in [5, 5.41) is 0. The first-order valence-corrected chi connectivity index (χ1v) is 5.83. The first-order chi connectivity index (χ1) is 8.20. The Labute approximate surface area is 106 Å². The molecule has 0 fully saturated rings. The second-order valence-corrected chi connectivity index (χ2v) is 4.29. The standard InChI is InChI=1S/C12H11BrFNO2/c13-10-5-9(1-2-11(10)14)17-7-8-3-4-16-12(8)6-15/h1-5H,6-7,15H2. The highest BCUT2D eigenvalue weighted by Gasteiger charge is 2.06. The molecule has 0 unspecified atom stereocenters. The van der Waals surface area contributed by atoms with Crippen molar-refractivity contribution in [3.05, 3.63) is 52.1 Å². The number of hydrogen-bond acceptors (Lipinski definition) is 3. The van der Waals surface area contributed by atoms with Crippen LogP contribution < -0.4 is 10.5 Å². The van der Waals surface area contributed by atoms with Gasteiger partial charge in [-0.25, -0.2) is 4.39 Å². The van der Waals surface area contributed by atoms with Gasteiger partial charge >= 0.3 is 0 Å². The van der Waals surface area contributed by atoms with Crippen molar-refractivity contribution in [2.75, 3.05) is 0 Å². The van der Waals surface area contributed by atoms with Crippen LogP contribution >= 0.6 is 15.9 Å². The van der Waals surface area contributed by atoms with Crippen molar-refractivity contribution < 1.29 is 13.5 Å². The highest BCUT2D eigenvalue weighted by atomic mass is 79.9. The van der Waals surface area contributed by atoms with Gasteiger partial charge in [-0.05, 0) is 40.2 Å². The molecule has 0 saturated carbocycles. The molecule has 0 atom stereocenters. The Morgan fingerprint density at radius 3 is 2.88 bits per heavy atom.